The summed E-state index contributed by atoms with van der Waals surface area (Å²) in [7, 11) is 0. The third-order valence-corrected chi connectivity index (χ3v) is 8.09. The van der Waals surface area contributed by atoms with Crippen LogP contribution < -0.4 is 5.32 Å². The summed E-state index contributed by atoms with van der Waals surface area (Å²) < 4.78 is 2.04. The van der Waals surface area contributed by atoms with E-state index in [1.807, 2.05) is 16.4 Å². The van der Waals surface area contributed by atoms with E-state index < -0.39 is 0 Å². The van der Waals surface area contributed by atoms with E-state index in [4.69, 9.17) is 0 Å². The molecule has 9 heteroatoms. The van der Waals surface area contributed by atoms with Crippen molar-refractivity contribution in [1.29, 1.82) is 0 Å². The van der Waals surface area contributed by atoms with Crippen molar-refractivity contribution in [3.63, 3.8) is 0 Å². The molecule has 4 bridgehead atoms. The number of nitrogens with one attached hydrogen (secondary N) is 1. The number of carbonyl (C=O) groups is 1. The van der Waals surface area contributed by atoms with Crippen molar-refractivity contribution in [3.05, 3.63) is 42.3 Å². The van der Waals surface area contributed by atoms with Gasteiger partial charge in [0.15, 0.2) is 0 Å². The Morgan fingerprint density at radius 2 is 2.07 bits per heavy atom. The van der Waals surface area contributed by atoms with Crippen molar-refractivity contribution >= 4 is 17.2 Å². The number of aromatic nitrogens is 6. The van der Waals surface area contributed by atoms with E-state index in [2.05, 4.69) is 30.4 Å². The molecule has 3 aromatic heterocycles. The molecule has 30 heavy (non-hydrogen) atoms. The average molecular weight is 422 g/mol. The van der Waals surface area contributed by atoms with Crippen molar-refractivity contribution < 1.29 is 4.79 Å². The van der Waals surface area contributed by atoms with E-state index in [0.717, 1.165) is 48.5 Å². The highest BCUT2D eigenvalue weighted by Crippen LogP contribution is 2.64. The minimum Gasteiger partial charge on any atom is -0.350 e. The van der Waals surface area contributed by atoms with Gasteiger partial charge in [0.1, 0.15) is 23.4 Å². The molecule has 0 saturated heterocycles. The van der Waals surface area contributed by atoms with Crippen LogP contribution in [0.2, 0.25) is 0 Å². The van der Waals surface area contributed by atoms with Gasteiger partial charge in [-0.15, -0.1) is 11.3 Å². The van der Waals surface area contributed by atoms with Gasteiger partial charge in [0.25, 0.3) is 0 Å². The topological polar surface area (TPSA) is 98.5 Å². The largest absolute Gasteiger partial charge is 0.350 e. The van der Waals surface area contributed by atoms with Gasteiger partial charge in [0, 0.05) is 17.8 Å². The molecule has 0 aromatic carbocycles. The van der Waals surface area contributed by atoms with Crippen molar-refractivity contribution in [1.82, 2.24) is 35.0 Å². The maximum absolute atomic E-state index is 13.5. The number of rotatable bonds is 5. The number of carbonyl (C=O) groups excluding carboxylic acids is 1. The Kier molecular flexibility index (Phi) is 4.02. The second kappa shape index (κ2) is 6.66. The van der Waals surface area contributed by atoms with Crippen LogP contribution in [0.1, 0.15) is 44.2 Å². The third-order valence-electron chi connectivity index (χ3n) is 7.18. The molecule has 0 radical (unpaired) electrons. The molecule has 8 nitrogen and oxygen atoms in total. The molecule has 4 aliphatic rings. The van der Waals surface area contributed by atoms with Gasteiger partial charge >= 0.3 is 0 Å². The lowest BCUT2D eigenvalue weighted by Gasteiger charge is -2.60. The number of hydrogen-bond acceptors (Lipinski definition) is 7. The SMILES string of the molecule is O=C(NCc1csc(-c2cnccn2)n1)C12CC3CC(C1)CC(n1cncn1)(C3)C2. The Morgan fingerprint density at radius 1 is 1.20 bits per heavy atom. The van der Waals surface area contributed by atoms with Crippen molar-refractivity contribution in [2.24, 2.45) is 17.3 Å². The summed E-state index contributed by atoms with van der Waals surface area (Å²) in [5.74, 6) is 1.38. The predicted molar refractivity (Wildman–Crippen MR) is 110 cm³/mol. The zero-order valence-corrected chi connectivity index (χ0v) is 17.4. The molecule has 1 N–H and O–H groups in total. The Labute approximate surface area is 178 Å². The Balaban J connectivity index is 1.20. The van der Waals surface area contributed by atoms with Gasteiger partial charge in [-0.05, 0) is 50.4 Å². The first-order valence-electron chi connectivity index (χ1n) is 10.5. The molecule has 154 valence electrons. The highest BCUT2D eigenvalue weighted by molar-refractivity contribution is 7.13. The first kappa shape index (κ1) is 18.1. The van der Waals surface area contributed by atoms with E-state index in [1.165, 1.54) is 17.8 Å². The van der Waals surface area contributed by atoms with Crippen LogP contribution in [0.15, 0.2) is 36.6 Å². The number of thiazole rings is 1. The summed E-state index contributed by atoms with van der Waals surface area (Å²) in [6.45, 7) is 0.447. The number of nitrogens with zero attached hydrogens (tertiary/aromatic N) is 6. The zero-order valence-electron chi connectivity index (χ0n) is 16.6. The molecular weight excluding hydrogens is 398 g/mol. The van der Waals surface area contributed by atoms with Gasteiger partial charge in [-0.3, -0.25) is 14.8 Å². The van der Waals surface area contributed by atoms with Crippen LogP contribution >= 0.6 is 11.3 Å². The summed E-state index contributed by atoms with van der Waals surface area (Å²) in [4.78, 5) is 30.7. The van der Waals surface area contributed by atoms with Crippen LogP contribution in [0.5, 0.6) is 0 Å². The van der Waals surface area contributed by atoms with E-state index in [0.29, 0.717) is 18.4 Å². The molecule has 7 rings (SSSR count). The van der Waals surface area contributed by atoms with Crippen LogP contribution in [0, 0.1) is 17.3 Å². The van der Waals surface area contributed by atoms with Gasteiger partial charge in [0.2, 0.25) is 5.91 Å². The fourth-order valence-electron chi connectivity index (χ4n) is 6.47. The molecule has 0 spiro atoms. The van der Waals surface area contributed by atoms with Crippen LogP contribution in [0.4, 0.5) is 0 Å². The summed E-state index contributed by atoms with van der Waals surface area (Å²) in [6, 6.07) is 0. The molecule has 2 atom stereocenters. The lowest BCUT2D eigenvalue weighted by atomic mass is 9.46. The number of hydrogen-bond donors (Lipinski definition) is 1. The van der Waals surface area contributed by atoms with E-state index >= 15 is 0 Å². The van der Waals surface area contributed by atoms with Crippen LogP contribution in [0.3, 0.4) is 0 Å². The third kappa shape index (κ3) is 2.86. The maximum Gasteiger partial charge on any atom is 0.226 e. The second-order valence-electron chi connectivity index (χ2n) is 9.22. The lowest BCUT2D eigenvalue weighted by molar-refractivity contribution is -0.156. The van der Waals surface area contributed by atoms with Crippen molar-refractivity contribution in [2.75, 3.05) is 0 Å². The smallest absolute Gasteiger partial charge is 0.226 e. The minimum atomic E-state index is -0.292. The van der Waals surface area contributed by atoms with Gasteiger partial charge in [0.05, 0.1) is 29.4 Å². The Bertz CT molecular complexity index is 1050. The molecule has 4 aliphatic carbocycles. The van der Waals surface area contributed by atoms with E-state index in [1.54, 1.807) is 24.9 Å². The summed E-state index contributed by atoms with van der Waals surface area (Å²) >= 11 is 1.53. The average Bonchev–Trinajstić information content (AvgIpc) is 3.44. The Morgan fingerprint density at radius 3 is 2.80 bits per heavy atom. The summed E-state index contributed by atoms with van der Waals surface area (Å²) in [5.41, 5.74) is 1.29. The monoisotopic (exact) mass is 421 g/mol. The van der Waals surface area contributed by atoms with Crippen molar-refractivity contribution in [2.45, 2.75) is 50.6 Å². The van der Waals surface area contributed by atoms with Crippen LogP contribution in [-0.4, -0.2) is 35.6 Å². The molecule has 0 aliphatic heterocycles. The summed E-state index contributed by atoms with van der Waals surface area (Å²) in [5, 5.41) is 10.5. The molecule has 3 aromatic rings. The molecule has 4 fully saturated rings. The van der Waals surface area contributed by atoms with Crippen LogP contribution in [-0.2, 0) is 16.9 Å². The molecule has 1 amide bonds. The zero-order chi connectivity index (χ0) is 20.2. The normalized spacial score (nSPS) is 31.7. The van der Waals surface area contributed by atoms with Gasteiger partial charge in [-0.1, -0.05) is 0 Å². The lowest BCUT2D eigenvalue weighted by Crippen LogP contribution is -2.61. The fourth-order valence-corrected chi connectivity index (χ4v) is 7.25. The highest BCUT2D eigenvalue weighted by atomic mass is 32.1. The first-order chi connectivity index (χ1) is 14.6. The minimum absolute atomic E-state index is 0.0439. The Hall–Kier alpha value is -2.68. The predicted octanol–water partition coefficient (Wildman–Crippen LogP) is 2.80. The van der Waals surface area contributed by atoms with E-state index in [9.17, 15) is 4.79 Å². The van der Waals surface area contributed by atoms with Gasteiger partial charge < -0.3 is 5.32 Å². The highest BCUT2D eigenvalue weighted by Gasteiger charge is 2.61. The molecule has 3 heterocycles. The summed E-state index contributed by atoms with van der Waals surface area (Å²) in [6.07, 6.45) is 14.8. The van der Waals surface area contributed by atoms with Crippen molar-refractivity contribution in [3.8, 4) is 10.7 Å². The first-order valence-corrected chi connectivity index (χ1v) is 11.4. The molecular formula is C21H23N7OS. The van der Waals surface area contributed by atoms with Crippen LogP contribution in [0.25, 0.3) is 10.7 Å². The standard InChI is InChI=1S/C21H23N7OS/c29-19(25-8-16-10-30-18(27-16)17-9-22-1-2-24-17)20-4-14-3-15(5-20)7-21(6-14,11-20)28-13-23-12-26-28/h1-2,9-10,12-15H,3-8,11H2,(H,25,29). The van der Waals surface area contributed by atoms with E-state index in [-0.39, 0.29) is 16.9 Å². The second-order valence-corrected chi connectivity index (χ2v) is 10.1. The molecule has 2 unspecified atom stereocenters. The van der Waals surface area contributed by atoms with Gasteiger partial charge in [-0.2, -0.15) is 5.10 Å². The fraction of sp³-hybridized carbons (Fsp3) is 0.524. The number of amides is 1. The molecule has 4 saturated carbocycles. The quantitative estimate of drug-likeness (QED) is 0.680. The maximum atomic E-state index is 13.5. The van der Waals surface area contributed by atoms with Gasteiger partial charge in [-0.25, -0.2) is 14.6 Å².